The minimum atomic E-state index is -0.650. The molecule has 0 fully saturated rings. The van der Waals surface area contributed by atoms with Crippen LogP contribution in [0.15, 0.2) is 46.9 Å². The van der Waals surface area contributed by atoms with E-state index < -0.39 is 18.5 Å². The number of hydrogen-bond donors (Lipinski definition) is 1. The Bertz CT molecular complexity index is 768. The van der Waals surface area contributed by atoms with Gasteiger partial charge in [0.05, 0.1) is 12.1 Å². The van der Waals surface area contributed by atoms with Gasteiger partial charge in [-0.2, -0.15) is 0 Å². The van der Waals surface area contributed by atoms with Crippen molar-refractivity contribution in [2.45, 2.75) is 0 Å². The first-order chi connectivity index (χ1) is 12.0. The molecule has 1 amide bonds. The Hall–Kier alpha value is -2.25. The van der Waals surface area contributed by atoms with Gasteiger partial charge >= 0.3 is 5.97 Å². The van der Waals surface area contributed by atoms with Gasteiger partial charge in [-0.15, -0.1) is 0 Å². The Morgan fingerprint density at radius 1 is 1.16 bits per heavy atom. The molecule has 0 aliphatic carbocycles. The number of carbonyl (C=O) groups is 2. The third kappa shape index (κ3) is 6.28. The Balaban J connectivity index is 1.75. The van der Waals surface area contributed by atoms with E-state index in [9.17, 15) is 9.59 Å². The third-order valence-electron chi connectivity index (χ3n) is 2.95. The molecule has 0 spiro atoms. The number of ether oxygens (including phenoxy) is 3. The van der Waals surface area contributed by atoms with Crippen LogP contribution in [0.1, 0.15) is 0 Å². The Morgan fingerprint density at radius 3 is 2.64 bits per heavy atom. The molecule has 0 heterocycles. The molecule has 0 atom stereocenters. The first-order valence-corrected chi connectivity index (χ1v) is 8.32. The van der Waals surface area contributed by atoms with Gasteiger partial charge in [-0.3, -0.25) is 4.79 Å². The molecule has 2 aromatic carbocycles. The summed E-state index contributed by atoms with van der Waals surface area (Å²) < 4.78 is 16.0. The molecular formula is C17H15BrClNO5. The molecule has 0 radical (unpaired) electrons. The molecule has 8 heteroatoms. The van der Waals surface area contributed by atoms with E-state index in [0.29, 0.717) is 22.2 Å². The van der Waals surface area contributed by atoms with Gasteiger partial charge in [-0.05, 0) is 36.4 Å². The maximum Gasteiger partial charge on any atom is 0.344 e. The molecule has 2 rings (SSSR count). The predicted molar refractivity (Wildman–Crippen MR) is 97.2 cm³/mol. The van der Waals surface area contributed by atoms with Gasteiger partial charge in [0.25, 0.3) is 5.91 Å². The Kier molecular flexibility index (Phi) is 7.09. The molecule has 25 heavy (non-hydrogen) atoms. The molecule has 0 unspecified atom stereocenters. The van der Waals surface area contributed by atoms with Crippen LogP contribution in [0.3, 0.4) is 0 Å². The average Bonchev–Trinajstić information content (AvgIpc) is 2.58. The first-order valence-electron chi connectivity index (χ1n) is 7.15. The van der Waals surface area contributed by atoms with E-state index in [1.54, 1.807) is 30.3 Å². The summed E-state index contributed by atoms with van der Waals surface area (Å²) in [5.74, 6) is -0.126. The van der Waals surface area contributed by atoms with E-state index in [2.05, 4.69) is 21.2 Å². The summed E-state index contributed by atoms with van der Waals surface area (Å²) in [6.45, 7) is -0.720. The molecule has 0 aliphatic rings. The fourth-order valence-corrected chi connectivity index (χ4v) is 2.46. The van der Waals surface area contributed by atoms with Crippen LogP contribution < -0.4 is 14.8 Å². The number of anilines is 1. The summed E-state index contributed by atoms with van der Waals surface area (Å²) in [7, 11) is 1.50. The van der Waals surface area contributed by atoms with Crippen molar-refractivity contribution in [3.8, 4) is 11.5 Å². The second kappa shape index (κ2) is 9.29. The zero-order chi connectivity index (χ0) is 18.2. The molecule has 0 saturated heterocycles. The molecule has 0 saturated carbocycles. The van der Waals surface area contributed by atoms with Crippen LogP contribution in [0.25, 0.3) is 0 Å². The highest BCUT2D eigenvalue weighted by Crippen LogP contribution is 2.27. The number of benzene rings is 2. The normalized spacial score (nSPS) is 10.0. The monoisotopic (exact) mass is 427 g/mol. The van der Waals surface area contributed by atoms with Crippen LogP contribution in [0.2, 0.25) is 5.02 Å². The second-order valence-corrected chi connectivity index (χ2v) is 6.13. The summed E-state index contributed by atoms with van der Waals surface area (Å²) in [5.41, 5.74) is 0.470. The highest BCUT2D eigenvalue weighted by Gasteiger charge is 2.10. The average molecular weight is 429 g/mol. The number of esters is 1. The topological polar surface area (TPSA) is 73.9 Å². The Labute approximate surface area is 158 Å². The molecule has 2 aromatic rings. The zero-order valence-electron chi connectivity index (χ0n) is 13.3. The van der Waals surface area contributed by atoms with Crippen LogP contribution in [0, 0.1) is 0 Å². The van der Waals surface area contributed by atoms with Gasteiger partial charge in [0.15, 0.2) is 13.2 Å². The predicted octanol–water partition coefficient (Wildman–Crippen LogP) is 3.67. The number of amides is 1. The maximum atomic E-state index is 11.8. The van der Waals surface area contributed by atoms with Crippen molar-refractivity contribution in [3.05, 3.63) is 52.0 Å². The van der Waals surface area contributed by atoms with Crippen molar-refractivity contribution in [2.24, 2.45) is 0 Å². The smallest absolute Gasteiger partial charge is 0.344 e. The number of carbonyl (C=O) groups excluding carboxylic acids is 2. The largest absolute Gasteiger partial charge is 0.495 e. The molecule has 0 aliphatic heterocycles. The number of nitrogens with one attached hydrogen (secondary N) is 1. The summed E-state index contributed by atoms with van der Waals surface area (Å²) in [4.78, 5) is 23.4. The van der Waals surface area contributed by atoms with Crippen molar-refractivity contribution in [2.75, 3.05) is 25.6 Å². The number of rotatable bonds is 7. The lowest BCUT2D eigenvalue weighted by atomic mass is 10.3. The molecule has 132 valence electrons. The number of halogens is 2. The van der Waals surface area contributed by atoms with Crippen molar-refractivity contribution in [3.63, 3.8) is 0 Å². The van der Waals surface area contributed by atoms with Crippen molar-refractivity contribution >= 4 is 45.1 Å². The lowest BCUT2D eigenvalue weighted by Gasteiger charge is -2.09. The quantitative estimate of drug-likeness (QED) is 0.681. The van der Waals surface area contributed by atoms with E-state index in [1.807, 2.05) is 6.07 Å². The zero-order valence-corrected chi connectivity index (χ0v) is 15.6. The highest BCUT2D eigenvalue weighted by atomic mass is 79.9. The summed E-state index contributed by atoms with van der Waals surface area (Å²) in [5, 5.41) is 2.93. The van der Waals surface area contributed by atoms with Crippen molar-refractivity contribution in [1.29, 1.82) is 0 Å². The lowest BCUT2D eigenvalue weighted by molar-refractivity contribution is -0.149. The maximum absolute atomic E-state index is 11.8. The first kappa shape index (κ1) is 19.1. The summed E-state index contributed by atoms with van der Waals surface area (Å²) in [6, 6.07) is 11.8. The lowest BCUT2D eigenvalue weighted by Crippen LogP contribution is -2.23. The summed E-state index contributed by atoms with van der Waals surface area (Å²) >= 11 is 9.27. The van der Waals surface area contributed by atoms with Crippen molar-refractivity contribution < 1.29 is 23.8 Å². The molecule has 0 bridgehead atoms. The van der Waals surface area contributed by atoms with Gasteiger partial charge in [0.1, 0.15) is 11.5 Å². The van der Waals surface area contributed by atoms with Crippen LogP contribution in [-0.4, -0.2) is 32.2 Å². The fraction of sp³-hybridized carbons (Fsp3) is 0.176. The van der Waals surface area contributed by atoms with Crippen molar-refractivity contribution in [1.82, 2.24) is 0 Å². The minimum Gasteiger partial charge on any atom is -0.495 e. The summed E-state index contributed by atoms with van der Waals surface area (Å²) in [6.07, 6.45) is 0. The second-order valence-electron chi connectivity index (χ2n) is 4.80. The molecule has 0 aromatic heterocycles. The van der Waals surface area contributed by atoms with Gasteiger partial charge in [0.2, 0.25) is 0 Å². The van der Waals surface area contributed by atoms with Crippen LogP contribution in [0.4, 0.5) is 5.69 Å². The number of hydrogen-bond acceptors (Lipinski definition) is 5. The Morgan fingerprint density at radius 2 is 1.96 bits per heavy atom. The highest BCUT2D eigenvalue weighted by molar-refractivity contribution is 9.10. The van der Waals surface area contributed by atoms with Crippen LogP contribution in [-0.2, 0) is 14.3 Å². The molecule has 6 nitrogen and oxygen atoms in total. The van der Waals surface area contributed by atoms with Gasteiger partial charge in [-0.25, -0.2) is 4.79 Å². The van der Waals surface area contributed by atoms with E-state index >= 15 is 0 Å². The van der Waals surface area contributed by atoms with Gasteiger partial charge in [0, 0.05) is 10.2 Å². The van der Waals surface area contributed by atoms with E-state index in [1.165, 1.54) is 13.2 Å². The fourth-order valence-electron chi connectivity index (χ4n) is 1.83. The SMILES string of the molecule is COc1ccc(NC(=O)COC(=O)COc2cccc(Br)c2)cc1Cl. The van der Waals surface area contributed by atoms with E-state index in [-0.39, 0.29) is 6.61 Å². The van der Waals surface area contributed by atoms with E-state index in [4.69, 9.17) is 25.8 Å². The minimum absolute atomic E-state index is 0.294. The van der Waals surface area contributed by atoms with Gasteiger partial charge in [-0.1, -0.05) is 33.6 Å². The van der Waals surface area contributed by atoms with E-state index in [0.717, 1.165) is 4.47 Å². The standard InChI is InChI=1S/C17H15BrClNO5/c1-23-15-6-5-12(8-14(15)19)20-16(21)9-25-17(22)10-24-13-4-2-3-11(18)7-13/h2-8H,9-10H2,1H3,(H,20,21). The molecular weight excluding hydrogens is 414 g/mol. The number of methoxy groups -OCH3 is 1. The van der Waals surface area contributed by atoms with Gasteiger partial charge < -0.3 is 19.5 Å². The van der Waals surface area contributed by atoms with Crippen LogP contribution in [0.5, 0.6) is 11.5 Å². The third-order valence-corrected chi connectivity index (χ3v) is 3.74. The van der Waals surface area contributed by atoms with Crippen LogP contribution >= 0.6 is 27.5 Å². The molecule has 1 N–H and O–H groups in total.